The van der Waals surface area contributed by atoms with Gasteiger partial charge in [-0.2, -0.15) is 13.5 Å². The second kappa shape index (κ2) is 10.0. The molecule has 14 heteroatoms. The van der Waals surface area contributed by atoms with E-state index in [0.717, 1.165) is 11.3 Å². The first-order chi connectivity index (χ1) is 14.2. The Balaban J connectivity index is 0.000000232. The number of hydrogen-bond acceptors (Lipinski definition) is 8. The lowest BCUT2D eigenvalue weighted by Gasteiger charge is -2.32. The van der Waals surface area contributed by atoms with E-state index in [1.807, 2.05) is 29.7 Å². The number of carbonyl (C=O) groups is 1. The quantitative estimate of drug-likeness (QED) is 0.165. The Morgan fingerprint density at radius 2 is 2.03 bits per heavy atom. The number of aryl methyl sites for hydroxylation is 1. The number of nitrogens with one attached hydrogen (secondary N) is 1. The van der Waals surface area contributed by atoms with Crippen molar-refractivity contribution in [3.05, 3.63) is 41.7 Å². The Labute approximate surface area is 173 Å². The van der Waals surface area contributed by atoms with Gasteiger partial charge in [0, 0.05) is 19.3 Å². The van der Waals surface area contributed by atoms with Crippen LogP contribution in [0.5, 0.6) is 0 Å². The zero-order valence-electron chi connectivity index (χ0n) is 16.3. The van der Waals surface area contributed by atoms with Gasteiger partial charge >= 0.3 is 16.4 Å². The molecule has 0 bridgehead atoms. The van der Waals surface area contributed by atoms with E-state index >= 15 is 0 Å². The monoisotopic (exact) mass is 441 g/mol. The molecule has 13 nitrogen and oxygen atoms in total. The molecule has 3 rings (SSSR count). The summed E-state index contributed by atoms with van der Waals surface area (Å²) in [4.78, 5) is 17.1. The Bertz CT molecular complexity index is 990. The van der Waals surface area contributed by atoms with Gasteiger partial charge in [0.2, 0.25) is 0 Å². The predicted molar refractivity (Wildman–Crippen MR) is 108 cm³/mol. The van der Waals surface area contributed by atoms with Crippen LogP contribution < -0.4 is 16.3 Å². The van der Waals surface area contributed by atoms with Gasteiger partial charge in [0.15, 0.2) is 0 Å². The van der Waals surface area contributed by atoms with Crippen LogP contribution in [0.4, 0.5) is 16.2 Å². The van der Waals surface area contributed by atoms with Gasteiger partial charge < -0.3 is 10.6 Å². The summed E-state index contributed by atoms with van der Waals surface area (Å²) >= 11 is 0. The van der Waals surface area contributed by atoms with E-state index in [1.54, 1.807) is 14.0 Å². The first-order valence-electron chi connectivity index (χ1n) is 8.65. The lowest BCUT2D eigenvalue weighted by molar-refractivity contribution is 0.160. The number of amides is 2. The molecule has 0 unspecified atom stereocenters. The van der Waals surface area contributed by atoms with Crippen molar-refractivity contribution in [2.45, 2.75) is 20.0 Å². The fraction of sp³-hybridized carbons (Fsp3) is 0.312. The fourth-order valence-electron chi connectivity index (χ4n) is 2.51. The van der Waals surface area contributed by atoms with Gasteiger partial charge in [0.25, 0.3) is 0 Å². The van der Waals surface area contributed by atoms with E-state index in [4.69, 9.17) is 15.5 Å². The number of nitrogens with two attached hydrogens (primary N) is 1. The molecule has 164 valence electrons. The molecule has 2 aromatic rings. The molecule has 0 aliphatic carbocycles. The number of aromatic nitrogens is 2. The second-order valence-corrected chi connectivity index (χ2v) is 7.04. The van der Waals surface area contributed by atoms with Crippen LogP contribution in [0.3, 0.4) is 0 Å². The molecule has 0 saturated carbocycles. The van der Waals surface area contributed by atoms with E-state index in [-0.39, 0.29) is 5.69 Å². The summed E-state index contributed by atoms with van der Waals surface area (Å²) in [6.07, 6.45) is 2.53. The SMILES string of the molecule is CCN1Cc2c(cnn2C)N(OS(=O)(=O)O)C1=O.Nc1ccc(CN=CNO)cc1. The Morgan fingerprint density at radius 1 is 1.37 bits per heavy atom. The molecule has 5 N–H and O–H groups in total. The molecular weight excluding hydrogens is 418 g/mol. The number of anilines is 2. The smallest absolute Gasteiger partial charge is 0.399 e. The summed E-state index contributed by atoms with van der Waals surface area (Å²) in [5, 5.41) is 12.6. The number of aliphatic imine (C=N–C) groups is 1. The van der Waals surface area contributed by atoms with Crippen LogP contribution in [0.1, 0.15) is 18.2 Å². The molecule has 0 spiro atoms. The van der Waals surface area contributed by atoms with Crippen LogP contribution in [0.2, 0.25) is 0 Å². The minimum atomic E-state index is -4.78. The largest absolute Gasteiger partial charge is 0.419 e. The van der Waals surface area contributed by atoms with Crippen molar-refractivity contribution < 1.29 is 27.3 Å². The van der Waals surface area contributed by atoms with Crippen LogP contribution in [0.15, 0.2) is 35.5 Å². The van der Waals surface area contributed by atoms with Gasteiger partial charge in [-0.3, -0.25) is 24.9 Å². The number of nitrogen functional groups attached to an aromatic ring is 1. The Morgan fingerprint density at radius 3 is 2.60 bits per heavy atom. The summed E-state index contributed by atoms with van der Waals surface area (Å²) < 4.78 is 36.0. The summed E-state index contributed by atoms with van der Waals surface area (Å²) in [6, 6.07) is 6.75. The molecule has 1 aromatic carbocycles. The molecule has 0 atom stereocenters. The molecule has 0 saturated heterocycles. The third-order valence-electron chi connectivity index (χ3n) is 4.00. The number of benzene rings is 1. The maximum atomic E-state index is 11.9. The van der Waals surface area contributed by atoms with E-state index in [1.165, 1.54) is 22.1 Å². The van der Waals surface area contributed by atoms with Crippen LogP contribution in [-0.2, 0) is 34.8 Å². The van der Waals surface area contributed by atoms with E-state index < -0.39 is 16.4 Å². The maximum Gasteiger partial charge on any atom is 0.419 e. The Kier molecular flexibility index (Phi) is 7.71. The van der Waals surface area contributed by atoms with Gasteiger partial charge in [-0.15, -0.1) is 9.35 Å². The normalized spacial score (nSPS) is 13.8. The average molecular weight is 441 g/mol. The average Bonchev–Trinajstić information content (AvgIpc) is 3.06. The highest BCUT2D eigenvalue weighted by Gasteiger charge is 2.35. The third-order valence-corrected chi connectivity index (χ3v) is 4.33. The van der Waals surface area contributed by atoms with Gasteiger partial charge in [-0.1, -0.05) is 12.1 Å². The fourth-order valence-corrected chi connectivity index (χ4v) is 2.84. The molecule has 2 heterocycles. The number of hydroxylamine groups is 2. The topological polar surface area (TPSA) is 176 Å². The summed E-state index contributed by atoms with van der Waals surface area (Å²) in [5.74, 6) is 0. The van der Waals surface area contributed by atoms with Gasteiger partial charge in [0.05, 0.1) is 25.0 Å². The number of hydrogen-bond donors (Lipinski definition) is 4. The zero-order valence-corrected chi connectivity index (χ0v) is 17.2. The van der Waals surface area contributed by atoms with Crippen LogP contribution >= 0.6 is 0 Å². The van der Waals surface area contributed by atoms with E-state index in [2.05, 4.69) is 14.4 Å². The predicted octanol–water partition coefficient (Wildman–Crippen LogP) is 0.692. The molecule has 30 heavy (non-hydrogen) atoms. The minimum Gasteiger partial charge on any atom is -0.399 e. The lowest BCUT2D eigenvalue weighted by atomic mass is 10.2. The molecule has 2 amide bonds. The number of fused-ring (bicyclic) bond motifs is 1. The summed E-state index contributed by atoms with van der Waals surface area (Å²) in [5.41, 5.74) is 9.92. The highest BCUT2D eigenvalue weighted by atomic mass is 32.3. The van der Waals surface area contributed by atoms with E-state index in [0.29, 0.717) is 30.4 Å². The van der Waals surface area contributed by atoms with Crippen molar-refractivity contribution in [3.63, 3.8) is 0 Å². The van der Waals surface area contributed by atoms with E-state index in [9.17, 15) is 13.2 Å². The third kappa shape index (κ3) is 6.15. The molecule has 0 fully saturated rings. The van der Waals surface area contributed by atoms with Crippen molar-refractivity contribution in [2.75, 3.05) is 17.3 Å². The van der Waals surface area contributed by atoms with Crippen molar-refractivity contribution in [2.24, 2.45) is 12.0 Å². The number of nitrogens with zero attached hydrogens (tertiary/aromatic N) is 5. The molecule has 1 aliphatic rings. The zero-order chi connectivity index (χ0) is 22.3. The van der Waals surface area contributed by atoms with Crippen molar-refractivity contribution in [3.8, 4) is 0 Å². The number of carbonyl (C=O) groups excluding carboxylic acids is 1. The molecule has 0 radical (unpaired) electrons. The second-order valence-electron chi connectivity index (χ2n) is 6.03. The number of urea groups is 1. The first kappa shape index (κ1) is 23.1. The minimum absolute atomic E-state index is 0.199. The molecule has 1 aliphatic heterocycles. The number of rotatable bonds is 6. The van der Waals surface area contributed by atoms with Crippen molar-refractivity contribution in [1.29, 1.82) is 0 Å². The van der Waals surface area contributed by atoms with Crippen LogP contribution in [0, 0.1) is 0 Å². The molecule has 1 aromatic heterocycles. The Hall–Kier alpha value is -3.20. The van der Waals surface area contributed by atoms with Gasteiger partial charge in [-0.05, 0) is 24.6 Å². The molecular formula is C16H23N7O6S. The lowest BCUT2D eigenvalue weighted by Crippen LogP contribution is -2.47. The van der Waals surface area contributed by atoms with Crippen LogP contribution in [-0.4, -0.2) is 51.8 Å². The first-order valence-corrected chi connectivity index (χ1v) is 10.0. The van der Waals surface area contributed by atoms with Crippen LogP contribution in [0.25, 0.3) is 0 Å². The maximum absolute atomic E-state index is 11.9. The summed E-state index contributed by atoms with van der Waals surface area (Å²) in [6.45, 7) is 2.94. The van der Waals surface area contributed by atoms with Gasteiger partial charge in [-0.25, -0.2) is 4.79 Å². The van der Waals surface area contributed by atoms with Crippen molar-refractivity contribution in [1.82, 2.24) is 20.2 Å². The summed E-state index contributed by atoms with van der Waals surface area (Å²) in [7, 11) is -3.12. The van der Waals surface area contributed by atoms with Crippen molar-refractivity contribution >= 4 is 34.1 Å². The highest BCUT2D eigenvalue weighted by Crippen LogP contribution is 2.28. The van der Waals surface area contributed by atoms with Gasteiger partial charge in [0.1, 0.15) is 12.0 Å². The highest BCUT2D eigenvalue weighted by molar-refractivity contribution is 7.81. The standard InChI is InChI=1S/C8H12N4O5S.C8H11N3O/c1-3-11-5-7-6(4-9-10(7)2)12(8(11)13)17-18(14,15)16;9-8-3-1-7(2-4-8)5-10-6-11-12/h4H,3,5H2,1-2H3,(H,14,15,16);1-4,6,12H,5,9H2,(H,10,11).